The van der Waals surface area contributed by atoms with Crippen LogP contribution in [-0.2, 0) is 44.4 Å². The van der Waals surface area contributed by atoms with E-state index in [1.165, 1.54) is 11.9 Å². The smallest absolute Gasteiger partial charge is 0.306 e. The number of pyridine rings is 1. The molecule has 0 bridgehead atoms. The zero-order valence-corrected chi connectivity index (χ0v) is 26.9. The van der Waals surface area contributed by atoms with Gasteiger partial charge in [-0.1, -0.05) is 96.9 Å². The number of nitrogens with zero attached hydrogens (tertiary/aromatic N) is 1. The number of nitrogen functional groups attached to an aromatic ring is 1. The van der Waals surface area contributed by atoms with E-state index in [9.17, 15) is 14.4 Å². The fourth-order valence-electron chi connectivity index (χ4n) is 4.63. The summed E-state index contributed by atoms with van der Waals surface area (Å²) in [5.41, 5.74) is 9.93. The highest BCUT2D eigenvalue weighted by Gasteiger charge is 2.26. The third kappa shape index (κ3) is 12.4. The number of nitrogens with one attached hydrogen (secondary N) is 4. The molecule has 0 aliphatic rings. The Morgan fingerprint density at radius 2 is 1.43 bits per heavy atom. The molecule has 0 radical (unpaired) electrons. The molecule has 0 spiro atoms. The number of hydrogen-bond acceptors (Lipinski definition) is 8. The molecule has 11 heteroatoms. The summed E-state index contributed by atoms with van der Waals surface area (Å²) >= 11 is 1.42. The van der Waals surface area contributed by atoms with Crippen LogP contribution in [-0.4, -0.2) is 40.7 Å². The molecule has 6 N–H and O–H groups in total. The summed E-state index contributed by atoms with van der Waals surface area (Å²) < 4.78 is 8.72. The Hall–Kier alpha value is -5.00. The third-order valence-electron chi connectivity index (χ3n) is 7.34. The molecule has 0 saturated carbocycles. The molecule has 0 aliphatic heterocycles. The molecule has 1 heterocycles. The van der Waals surface area contributed by atoms with Crippen LogP contribution in [0.3, 0.4) is 0 Å². The lowest BCUT2D eigenvalue weighted by Crippen LogP contribution is -2.52. The molecule has 4 rings (SSSR count). The van der Waals surface area contributed by atoms with Crippen LogP contribution >= 0.6 is 11.9 Å². The van der Waals surface area contributed by atoms with Crippen molar-refractivity contribution in [1.82, 2.24) is 20.3 Å². The number of rotatable bonds is 18. The van der Waals surface area contributed by atoms with Crippen molar-refractivity contribution < 1.29 is 19.1 Å². The first kappa shape index (κ1) is 34.9. The van der Waals surface area contributed by atoms with Crippen LogP contribution in [0.4, 0.5) is 0 Å². The number of amides is 2. The lowest BCUT2D eigenvalue weighted by molar-refractivity contribution is -0.145. The minimum Gasteiger partial charge on any atom is -0.461 e. The van der Waals surface area contributed by atoms with Gasteiger partial charge in [-0.25, -0.2) is 0 Å². The average Bonchev–Trinajstić information content (AvgIpc) is 3.11. The molecular formula is C36H40N6O4S. The second-order valence-corrected chi connectivity index (χ2v) is 11.7. The second kappa shape index (κ2) is 18.8. The molecule has 3 aromatic carbocycles. The monoisotopic (exact) mass is 652 g/mol. The topological polar surface area (TPSA) is 159 Å². The molecule has 10 nitrogen and oxygen atoms in total. The lowest BCUT2D eigenvalue weighted by atomic mass is 10.0. The molecule has 0 saturated heterocycles. The van der Waals surface area contributed by atoms with E-state index in [4.69, 9.17) is 15.9 Å². The number of aryl methyl sites for hydroxylation is 1. The van der Waals surface area contributed by atoms with Gasteiger partial charge in [0.25, 0.3) is 0 Å². The molecule has 0 aliphatic carbocycles. The summed E-state index contributed by atoms with van der Waals surface area (Å²) in [6, 6.07) is 28.4. The second-order valence-electron chi connectivity index (χ2n) is 10.9. The van der Waals surface area contributed by atoms with Gasteiger partial charge in [0.05, 0.1) is 6.04 Å². The number of ether oxygens (including phenoxy) is 1. The van der Waals surface area contributed by atoms with Crippen LogP contribution in [0.15, 0.2) is 109 Å². The summed E-state index contributed by atoms with van der Waals surface area (Å²) in [5.74, 6) is -0.625. The molecule has 4 aromatic rings. The van der Waals surface area contributed by atoms with Crippen LogP contribution in [0.2, 0.25) is 0 Å². The summed E-state index contributed by atoms with van der Waals surface area (Å²) in [5, 5.41) is 13.3. The van der Waals surface area contributed by atoms with E-state index < -0.39 is 24.0 Å². The minimum atomic E-state index is -0.979. The van der Waals surface area contributed by atoms with E-state index in [0.717, 1.165) is 22.3 Å². The zero-order chi connectivity index (χ0) is 33.3. The molecule has 1 aromatic heterocycles. The minimum absolute atomic E-state index is 0.0449. The Labute approximate surface area is 279 Å². The predicted molar refractivity (Wildman–Crippen MR) is 184 cm³/mol. The molecule has 2 atom stereocenters. The van der Waals surface area contributed by atoms with Crippen LogP contribution in [0, 0.1) is 5.41 Å². The van der Waals surface area contributed by atoms with E-state index in [1.54, 1.807) is 36.7 Å². The van der Waals surface area contributed by atoms with Crippen LogP contribution in [0.25, 0.3) is 0 Å². The van der Waals surface area contributed by atoms with Gasteiger partial charge >= 0.3 is 5.97 Å². The van der Waals surface area contributed by atoms with Crippen LogP contribution in [0.1, 0.15) is 47.1 Å². The SMILES string of the molecule is N=C(N)c1ccc(CNC(=O)[C@H](CCC(=O)OCc2ccccc2)NC(=O)C(CCc2ccncc2)NSCc2ccccc2)cc1. The maximum atomic E-state index is 13.7. The van der Waals surface area contributed by atoms with Gasteiger partial charge in [0.1, 0.15) is 18.5 Å². The lowest BCUT2D eigenvalue weighted by Gasteiger charge is -2.23. The van der Waals surface area contributed by atoms with E-state index in [-0.39, 0.29) is 37.7 Å². The number of amidine groups is 1. The first-order chi connectivity index (χ1) is 22.9. The Kier molecular flexibility index (Phi) is 14.0. The maximum Gasteiger partial charge on any atom is 0.306 e. The molecule has 244 valence electrons. The summed E-state index contributed by atoms with van der Waals surface area (Å²) in [6.45, 7) is 0.317. The Morgan fingerprint density at radius 1 is 0.766 bits per heavy atom. The predicted octanol–water partition coefficient (Wildman–Crippen LogP) is 4.43. The normalized spacial score (nSPS) is 12.0. The van der Waals surface area contributed by atoms with Gasteiger partial charge in [0.15, 0.2) is 0 Å². The van der Waals surface area contributed by atoms with Crippen molar-refractivity contribution >= 4 is 35.6 Å². The van der Waals surface area contributed by atoms with Crippen molar-refractivity contribution in [2.45, 2.75) is 56.7 Å². The van der Waals surface area contributed by atoms with Gasteiger partial charge in [-0.2, -0.15) is 0 Å². The number of carbonyl (C=O) groups is 3. The highest BCUT2D eigenvalue weighted by atomic mass is 32.2. The first-order valence-corrected chi connectivity index (χ1v) is 16.4. The summed E-state index contributed by atoms with van der Waals surface area (Å²) in [7, 11) is 0. The number of benzene rings is 3. The zero-order valence-electron chi connectivity index (χ0n) is 26.1. The van der Waals surface area contributed by atoms with Crippen LogP contribution in [0.5, 0.6) is 0 Å². The number of aromatic nitrogens is 1. The van der Waals surface area contributed by atoms with Crippen molar-refractivity contribution in [3.63, 3.8) is 0 Å². The number of hydrogen-bond donors (Lipinski definition) is 5. The first-order valence-electron chi connectivity index (χ1n) is 15.4. The highest BCUT2D eigenvalue weighted by molar-refractivity contribution is 7.96. The van der Waals surface area contributed by atoms with E-state index in [2.05, 4.69) is 20.3 Å². The Bertz CT molecular complexity index is 1570. The van der Waals surface area contributed by atoms with Gasteiger partial charge in [-0.3, -0.25) is 29.5 Å². The van der Waals surface area contributed by atoms with E-state index in [1.807, 2.05) is 72.8 Å². The van der Waals surface area contributed by atoms with E-state index in [0.29, 0.717) is 24.2 Å². The van der Waals surface area contributed by atoms with Gasteiger partial charge < -0.3 is 21.1 Å². The number of carbonyl (C=O) groups excluding carboxylic acids is 3. The molecule has 1 unspecified atom stereocenters. The third-order valence-corrected chi connectivity index (χ3v) is 8.27. The van der Waals surface area contributed by atoms with E-state index >= 15 is 0 Å². The van der Waals surface area contributed by atoms with Crippen molar-refractivity contribution in [3.8, 4) is 0 Å². The fraction of sp³-hybridized carbons (Fsp3) is 0.250. The van der Waals surface area contributed by atoms with Crippen LogP contribution < -0.4 is 21.1 Å². The fourth-order valence-corrected chi connectivity index (χ4v) is 5.50. The molecule has 2 amide bonds. The number of esters is 1. The van der Waals surface area contributed by atoms with Gasteiger partial charge in [-0.05, 0) is 53.6 Å². The average molecular weight is 653 g/mol. The summed E-state index contributed by atoms with van der Waals surface area (Å²) in [4.78, 5) is 43.9. The largest absolute Gasteiger partial charge is 0.461 e. The Morgan fingerprint density at radius 3 is 2.09 bits per heavy atom. The van der Waals surface area contributed by atoms with Gasteiger partial charge in [0, 0.05) is 36.7 Å². The summed E-state index contributed by atoms with van der Waals surface area (Å²) in [6.07, 6.45) is 4.53. The molecular weight excluding hydrogens is 613 g/mol. The van der Waals surface area contributed by atoms with Crippen molar-refractivity contribution in [3.05, 3.63) is 137 Å². The highest BCUT2D eigenvalue weighted by Crippen LogP contribution is 2.14. The van der Waals surface area contributed by atoms with Crippen molar-refractivity contribution in [2.24, 2.45) is 5.73 Å². The molecule has 0 fully saturated rings. The van der Waals surface area contributed by atoms with Gasteiger partial charge in [-0.15, -0.1) is 0 Å². The van der Waals surface area contributed by atoms with Crippen molar-refractivity contribution in [2.75, 3.05) is 0 Å². The quantitative estimate of drug-likeness (QED) is 0.0457. The number of nitrogens with two attached hydrogens (primary N) is 1. The Balaban J connectivity index is 1.41. The van der Waals surface area contributed by atoms with Crippen molar-refractivity contribution in [1.29, 1.82) is 5.41 Å². The maximum absolute atomic E-state index is 13.7. The molecule has 47 heavy (non-hydrogen) atoms. The standard InChI is InChI=1S/C36H40N6O4S/c37-34(38)30-14-11-27(12-15-30)23-40-35(44)31(17-18-33(43)46-24-28-7-3-1-4-8-28)41-36(45)32(16-13-26-19-21-39-22-20-26)42-47-25-29-9-5-2-6-10-29/h1-12,14-15,19-22,31-32,42H,13,16-18,23-25H2,(H3,37,38)(H,40,44)(H,41,45)/t31-,32?/m0/s1. The van der Waals surface area contributed by atoms with Gasteiger partial charge in [0.2, 0.25) is 11.8 Å².